The number of benzene rings is 1. The molecule has 1 aromatic carbocycles. The van der Waals surface area contributed by atoms with Crippen LogP contribution in [0.3, 0.4) is 0 Å². The summed E-state index contributed by atoms with van der Waals surface area (Å²) >= 11 is 0. The molecule has 2 N–H and O–H groups in total. The second kappa shape index (κ2) is 8.57. The Balaban J connectivity index is 1.75. The predicted molar refractivity (Wildman–Crippen MR) is 88.7 cm³/mol. The summed E-state index contributed by atoms with van der Waals surface area (Å²) in [6.45, 7) is 2.61. The van der Waals surface area contributed by atoms with Crippen molar-refractivity contribution in [1.82, 2.24) is 5.32 Å². The van der Waals surface area contributed by atoms with Gasteiger partial charge in [0.05, 0.1) is 0 Å². The van der Waals surface area contributed by atoms with Crippen LogP contribution in [0.2, 0.25) is 0 Å². The molecule has 0 saturated heterocycles. The number of aryl methyl sites for hydroxylation is 1. The molecule has 0 heterocycles. The summed E-state index contributed by atoms with van der Waals surface area (Å²) in [7, 11) is 0. The minimum Gasteiger partial charge on any atom is -0.348 e. The number of nitrogens with one attached hydrogen (secondary N) is 2. The molecule has 120 valence electrons. The average molecular weight is 302 g/mol. The summed E-state index contributed by atoms with van der Waals surface area (Å²) in [6, 6.07) is 7.57. The van der Waals surface area contributed by atoms with Crippen molar-refractivity contribution >= 4 is 17.5 Å². The minimum absolute atomic E-state index is 0.540. The highest BCUT2D eigenvalue weighted by Gasteiger charge is 2.17. The van der Waals surface area contributed by atoms with E-state index in [0.717, 1.165) is 24.1 Å². The zero-order valence-electron chi connectivity index (χ0n) is 13.4. The van der Waals surface area contributed by atoms with Crippen molar-refractivity contribution in [2.75, 3.05) is 11.9 Å². The summed E-state index contributed by atoms with van der Waals surface area (Å²) in [6.07, 6.45) is 8.24. The highest BCUT2D eigenvalue weighted by molar-refractivity contribution is 6.39. The second-order valence-corrected chi connectivity index (χ2v) is 6.01. The number of carbonyl (C=O) groups excluding carboxylic acids is 2. The first-order chi connectivity index (χ1) is 10.7. The van der Waals surface area contributed by atoms with Crippen LogP contribution in [-0.4, -0.2) is 18.4 Å². The van der Waals surface area contributed by atoms with Gasteiger partial charge in [-0.15, -0.1) is 0 Å². The van der Waals surface area contributed by atoms with Gasteiger partial charge in [0, 0.05) is 12.2 Å². The molecule has 4 nitrogen and oxygen atoms in total. The van der Waals surface area contributed by atoms with Crippen LogP contribution in [0.15, 0.2) is 24.3 Å². The van der Waals surface area contributed by atoms with E-state index < -0.39 is 11.8 Å². The molecule has 2 rings (SSSR count). The van der Waals surface area contributed by atoms with Gasteiger partial charge in [-0.1, -0.05) is 57.2 Å². The number of hydrogen-bond donors (Lipinski definition) is 2. The van der Waals surface area contributed by atoms with Crippen molar-refractivity contribution < 1.29 is 9.59 Å². The van der Waals surface area contributed by atoms with Crippen LogP contribution in [-0.2, 0) is 16.0 Å². The summed E-state index contributed by atoms with van der Waals surface area (Å²) in [5, 5.41) is 5.44. The van der Waals surface area contributed by atoms with Gasteiger partial charge >= 0.3 is 11.8 Å². The standard InChI is InChI=1S/C18H26N2O2/c1-2-15-10-6-7-11-16(15)20-18(22)17(21)19-13-12-14-8-4-3-5-9-14/h6-7,10-11,14H,2-5,8-9,12-13H2,1H3,(H,19,21)(H,20,22). The van der Waals surface area contributed by atoms with Gasteiger partial charge in [0.2, 0.25) is 0 Å². The van der Waals surface area contributed by atoms with Gasteiger partial charge in [0.15, 0.2) is 0 Å². The van der Waals surface area contributed by atoms with E-state index in [2.05, 4.69) is 10.6 Å². The molecule has 4 heteroatoms. The summed E-state index contributed by atoms with van der Waals surface area (Å²) in [5.74, 6) is -0.413. The number of anilines is 1. The van der Waals surface area contributed by atoms with Crippen molar-refractivity contribution in [2.24, 2.45) is 5.92 Å². The lowest BCUT2D eigenvalue weighted by atomic mass is 9.87. The van der Waals surface area contributed by atoms with Crippen LogP contribution >= 0.6 is 0 Å². The quantitative estimate of drug-likeness (QED) is 0.820. The van der Waals surface area contributed by atoms with Crippen molar-refractivity contribution in [3.8, 4) is 0 Å². The molecule has 0 aromatic heterocycles. The number of amides is 2. The SMILES string of the molecule is CCc1ccccc1NC(=O)C(=O)NCCC1CCCCC1. The van der Waals surface area contributed by atoms with E-state index in [1.165, 1.54) is 32.1 Å². The third kappa shape index (κ3) is 4.86. The summed E-state index contributed by atoms with van der Waals surface area (Å²) < 4.78 is 0. The highest BCUT2D eigenvalue weighted by Crippen LogP contribution is 2.25. The fourth-order valence-electron chi connectivity index (χ4n) is 3.08. The molecule has 1 aliphatic carbocycles. The monoisotopic (exact) mass is 302 g/mol. The molecule has 0 bridgehead atoms. The lowest BCUT2D eigenvalue weighted by Gasteiger charge is -2.21. The normalized spacial score (nSPS) is 15.3. The Labute approximate surface area is 132 Å². The molecule has 0 spiro atoms. The van der Waals surface area contributed by atoms with Gasteiger partial charge in [-0.25, -0.2) is 0 Å². The van der Waals surface area contributed by atoms with Gasteiger partial charge < -0.3 is 10.6 Å². The maximum Gasteiger partial charge on any atom is 0.313 e. The van der Waals surface area contributed by atoms with Gasteiger partial charge in [-0.05, 0) is 30.4 Å². The first kappa shape index (κ1) is 16.5. The summed E-state index contributed by atoms with van der Waals surface area (Å²) in [5.41, 5.74) is 1.75. The molecule has 1 aromatic rings. The molecule has 1 aliphatic rings. The van der Waals surface area contributed by atoms with Gasteiger partial charge in [0.25, 0.3) is 0 Å². The highest BCUT2D eigenvalue weighted by atomic mass is 16.2. The third-order valence-electron chi connectivity index (χ3n) is 4.42. The van der Waals surface area contributed by atoms with Crippen molar-refractivity contribution in [3.05, 3.63) is 29.8 Å². The molecule has 0 unspecified atom stereocenters. The van der Waals surface area contributed by atoms with Gasteiger partial charge in [-0.3, -0.25) is 9.59 Å². The van der Waals surface area contributed by atoms with E-state index in [1.807, 2.05) is 31.2 Å². The van der Waals surface area contributed by atoms with Crippen LogP contribution in [0.1, 0.15) is 51.0 Å². The zero-order chi connectivity index (χ0) is 15.8. The van der Waals surface area contributed by atoms with E-state index in [1.54, 1.807) is 0 Å². The molecule has 0 atom stereocenters. The lowest BCUT2D eigenvalue weighted by Crippen LogP contribution is -2.36. The van der Waals surface area contributed by atoms with E-state index in [-0.39, 0.29) is 0 Å². The molecular formula is C18H26N2O2. The minimum atomic E-state index is -0.579. The van der Waals surface area contributed by atoms with E-state index in [4.69, 9.17) is 0 Å². The molecule has 1 fully saturated rings. The molecule has 22 heavy (non-hydrogen) atoms. The first-order valence-electron chi connectivity index (χ1n) is 8.37. The van der Waals surface area contributed by atoms with Crippen LogP contribution in [0.25, 0.3) is 0 Å². The Kier molecular flexibility index (Phi) is 6.44. The van der Waals surface area contributed by atoms with Gasteiger partial charge in [0.1, 0.15) is 0 Å². The van der Waals surface area contributed by atoms with Crippen LogP contribution in [0.5, 0.6) is 0 Å². The topological polar surface area (TPSA) is 58.2 Å². The maximum atomic E-state index is 11.9. The Bertz CT molecular complexity index is 508. The zero-order valence-corrected chi connectivity index (χ0v) is 13.4. The van der Waals surface area contributed by atoms with E-state index >= 15 is 0 Å². The van der Waals surface area contributed by atoms with E-state index in [0.29, 0.717) is 12.5 Å². The average Bonchev–Trinajstić information content (AvgIpc) is 2.56. The van der Waals surface area contributed by atoms with Crippen molar-refractivity contribution in [3.63, 3.8) is 0 Å². The Morgan fingerprint density at radius 2 is 1.82 bits per heavy atom. The number of rotatable bonds is 5. The Hall–Kier alpha value is -1.84. The van der Waals surface area contributed by atoms with Crippen molar-refractivity contribution in [2.45, 2.75) is 51.9 Å². The number of para-hydroxylation sites is 1. The maximum absolute atomic E-state index is 11.9. The van der Waals surface area contributed by atoms with Crippen LogP contribution < -0.4 is 10.6 Å². The molecule has 2 amide bonds. The third-order valence-corrected chi connectivity index (χ3v) is 4.42. The molecule has 1 saturated carbocycles. The fraction of sp³-hybridized carbons (Fsp3) is 0.556. The molecule has 0 radical (unpaired) electrons. The second-order valence-electron chi connectivity index (χ2n) is 6.01. The predicted octanol–water partition coefficient (Wildman–Crippen LogP) is 3.27. The smallest absolute Gasteiger partial charge is 0.313 e. The number of carbonyl (C=O) groups is 2. The molecular weight excluding hydrogens is 276 g/mol. The summed E-state index contributed by atoms with van der Waals surface area (Å²) in [4.78, 5) is 23.8. The van der Waals surface area contributed by atoms with Crippen LogP contribution in [0.4, 0.5) is 5.69 Å². The number of hydrogen-bond acceptors (Lipinski definition) is 2. The fourth-order valence-corrected chi connectivity index (χ4v) is 3.08. The van der Waals surface area contributed by atoms with E-state index in [9.17, 15) is 9.59 Å². The van der Waals surface area contributed by atoms with Gasteiger partial charge in [-0.2, -0.15) is 0 Å². The lowest BCUT2D eigenvalue weighted by molar-refractivity contribution is -0.136. The Morgan fingerprint density at radius 3 is 2.55 bits per heavy atom. The first-order valence-corrected chi connectivity index (χ1v) is 8.37. The van der Waals surface area contributed by atoms with Crippen LogP contribution in [0, 0.1) is 5.92 Å². The largest absolute Gasteiger partial charge is 0.348 e. The molecule has 0 aliphatic heterocycles. The van der Waals surface area contributed by atoms with Crippen molar-refractivity contribution in [1.29, 1.82) is 0 Å². The Morgan fingerprint density at radius 1 is 1.09 bits per heavy atom.